The van der Waals surface area contributed by atoms with Crippen molar-refractivity contribution in [3.63, 3.8) is 0 Å². The van der Waals surface area contributed by atoms with Crippen molar-refractivity contribution in [2.24, 2.45) is 0 Å². The number of rotatable bonds is 0. The van der Waals surface area contributed by atoms with Crippen LogP contribution in [0.15, 0.2) is 24.3 Å². The molecular formula is C14H17NO3. The molecule has 0 spiro atoms. The largest absolute Gasteiger partial charge is 0.443 e. The zero-order valence-electron chi connectivity index (χ0n) is 11.1. The molecule has 0 saturated carbocycles. The Labute approximate surface area is 107 Å². The molecule has 0 N–H and O–H groups in total. The van der Waals surface area contributed by atoms with E-state index in [1.54, 1.807) is 33.8 Å². The molecule has 1 aliphatic rings. The summed E-state index contributed by atoms with van der Waals surface area (Å²) in [5.74, 6) is -0.529. The first-order valence-corrected chi connectivity index (χ1v) is 5.97. The number of imide groups is 1. The lowest BCUT2D eigenvalue weighted by atomic mass is 10.0. The number of amides is 2. The molecule has 0 unspecified atom stereocenters. The molecule has 0 saturated heterocycles. The minimum atomic E-state index is -0.613. The molecule has 2 rings (SSSR count). The van der Waals surface area contributed by atoms with Gasteiger partial charge in [0.2, 0.25) is 5.91 Å². The van der Waals surface area contributed by atoms with Crippen molar-refractivity contribution in [3.8, 4) is 0 Å². The van der Waals surface area contributed by atoms with Crippen molar-refractivity contribution in [1.82, 2.24) is 0 Å². The summed E-state index contributed by atoms with van der Waals surface area (Å²) in [6, 6.07) is 7.30. The van der Waals surface area contributed by atoms with Gasteiger partial charge in [-0.1, -0.05) is 18.2 Å². The predicted octanol–water partition coefficient (Wildman–Crippen LogP) is 3.07. The molecule has 96 valence electrons. The van der Waals surface area contributed by atoms with Gasteiger partial charge in [-0.15, -0.1) is 0 Å². The Hall–Kier alpha value is -1.84. The van der Waals surface area contributed by atoms with E-state index in [4.69, 9.17) is 4.74 Å². The molecule has 1 atom stereocenters. The first kappa shape index (κ1) is 12.6. The van der Waals surface area contributed by atoms with Crippen molar-refractivity contribution < 1.29 is 14.3 Å². The molecular weight excluding hydrogens is 230 g/mol. The van der Waals surface area contributed by atoms with Gasteiger partial charge in [0.05, 0.1) is 11.6 Å². The molecule has 18 heavy (non-hydrogen) atoms. The van der Waals surface area contributed by atoms with Gasteiger partial charge < -0.3 is 4.74 Å². The van der Waals surface area contributed by atoms with E-state index >= 15 is 0 Å². The highest BCUT2D eigenvalue weighted by atomic mass is 16.6. The number of carbonyl (C=O) groups excluding carboxylic acids is 2. The molecule has 0 bridgehead atoms. The van der Waals surface area contributed by atoms with Gasteiger partial charge in [0.25, 0.3) is 0 Å². The Morgan fingerprint density at radius 2 is 1.89 bits per heavy atom. The van der Waals surface area contributed by atoms with Gasteiger partial charge in [-0.25, -0.2) is 9.69 Å². The number of hydrogen-bond donors (Lipinski definition) is 0. The molecule has 2 amide bonds. The third-order valence-corrected chi connectivity index (χ3v) is 2.81. The zero-order chi connectivity index (χ0) is 13.5. The van der Waals surface area contributed by atoms with Crippen molar-refractivity contribution in [2.45, 2.75) is 39.2 Å². The van der Waals surface area contributed by atoms with Crippen LogP contribution in [0.4, 0.5) is 10.5 Å². The number of anilines is 1. The number of ether oxygens (including phenoxy) is 1. The smallest absolute Gasteiger partial charge is 0.421 e. The van der Waals surface area contributed by atoms with Crippen LogP contribution in [0, 0.1) is 0 Å². The van der Waals surface area contributed by atoms with Crippen molar-refractivity contribution in [2.75, 3.05) is 4.90 Å². The van der Waals surface area contributed by atoms with Gasteiger partial charge in [0.15, 0.2) is 0 Å². The average Bonchev–Trinajstić information content (AvgIpc) is 2.50. The highest BCUT2D eigenvalue weighted by Crippen LogP contribution is 2.37. The van der Waals surface area contributed by atoms with Gasteiger partial charge in [-0.2, -0.15) is 0 Å². The maximum Gasteiger partial charge on any atom is 0.421 e. The molecule has 1 aromatic rings. The number of benzene rings is 1. The molecule has 1 aromatic carbocycles. The van der Waals surface area contributed by atoms with Crippen molar-refractivity contribution >= 4 is 17.7 Å². The summed E-state index contributed by atoms with van der Waals surface area (Å²) in [7, 11) is 0. The van der Waals surface area contributed by atoms with Gasteiger partial charge in [0, 0.05) is 0 Å². The monoisotopic (exact) mass is 247 g/mol. The fourth-order valence-electron chi connectivity index (χ4n) is 2.00. The fourth-order valence-corrected chi connectivity index (χ4v) is 2.00. The average molecular weight is 247 g/mol. The molecule has 1 aliphatic heterocycles. The van der Waals surface area contributed by atoms with Gasteiger partial charge in [-0.3, -0.25) is 4.79 Å². The number of para-hydroxylation sites is 1. The topological polar surface area (TPSA) is 46.6 Å². The summed E-state index contributed by atoms with van der Waals surface area (Å²) in [4.78, 5) is 25.3. The quantitative estimate of drug-likeness (QED) is 0.707. The molecule has 4 heteroatoms. The zero-order valence-corrected chi connectivity index (χ0v) is 11.1. The number of nitrogens with zero attached hydrogens (tertiary/aromatic N) is 1. The van der Waals surface area contributed by atoms with Gasteiger partial charge in [0.1, 0.15) is 5.60 Å². The maximum atomic E-state index is 12.1. The second-order valence-electron chi connectivity index (χ2n) is 5.43. The summed E-state index contributed by atoms with van der Waals surface area (Å²) in [5, 5.41) is 0. The summed E-state index contributed by atoms with van der Waals surface area (Å²) >= 11 is 0. The van der Waals surface area contributed by atoms with E-state index in [9.17, 15) is 9.59 Å². The van der Waals surface area contributed by atoms with Crippen molar-refractivity contribution in [3.05, 3.63) is 29.8 Å². The lowest BCUT2D eigenvalue weighted by Crippen LogP contribution is -2.39. The van der Waals surface area contributed by atoms with Crippen LogP contribution < -0.4 is 4.90 Å². The molecule has 0 aromatic heterocycles. The van der Waals surface area contributed by atoms with Gasteiger partial charge >= 0.3 is 6.09 Å². The van der Waals surface area contributed by atoms with Crippen molar-refractivity contribution in [1.29, 1.82) is 0 Å². The van der Waals surface area contributed by atoms with E-state index in [-0.39, 0.29) is 11.8 Å². The summed E-state index contributed by atoms with van der Waals surface area (Å²) in [5.41, 5.74) is 0.885. The fraction of sp³-hybridized carbons (Fsp3) is 0.429. The molecule has 0 aliphatic carbocycles. The maximum absolute atomic E-state index is 12.1. The first-order valence-electron chi connectivity index (χ1n) is 5.97. The number of carbonyl (C=O) groups is 2. The molecule has 0 radical (unpaired) electrons. The minimum absolute atomic E-state index is 0.231. The summed E-state index contributed by atoms with van der Waals surface area (Å²) < 4.78 is 5.26. The lowest BCUT2D eigenvalue weighted by Gasteiger charge is -2.23. The Balaban J connectivity index is 2.35. The number of fused-ring (bicyclic) bond motifs is 1. The van der Waals surface area contributed by atoms with E-state index in [1.165, 1.54) is 0 Å². The van der Waals surface area contributed by atoms with E-state index in [1.807, 2.05) is 18.2 Å². The Kier molecular flexibility index (Phi) is 2.89. The third kappa shape index (κ3) is 2.10. The second-order valence-corrected chi connectivity index (χ2v) is 5.43. The normalized spacial score (nSPS) is 18.8. The first-order chi connectivity index (χ1) is 8.31. The SMILES string of the molecule is C[C@H]1C(=O)N(C(=O)OC(C)(C)C)c2ccccc21. The predicted molar refractivity (Wildman–Crippen MR) is 68.6 cm³/mol. The Morgan fingerprint density at radius 3 is 2.50 bits per heavy atom. The molecule has 0 fully saturated rings. The van der Waals surface area contributed by atoms with Crippen LogP contribution in [-0.2, 0) is 9.53 Å². The lowest BCUT2D eigenvalue weighted by molar-refractivity contribution is -0.118. The molecule has 4 nitrogen and oxygen atoms in total. The third-order valence-electron chi connectivity index (χ3n) is 2.81. The van der Waals surface area contributed by atoms with E-state index in [0.717, 1.165) is 10.5 Å². The van der Waals surface area contributed by atoms with Crippen LogP contribution in [-0.4, -0.2) is 17.6 Å². The van der Waals surface area contributed by atoms with Crippen LogP contribution in [0.25, 0.3) is 0 Å². The van der Waals surface area contributed by atoms with Crippen LogP contribution >= 0.6 is 0 Å². The standard InChI is InChI=1S/C14H17NO3/c1-9-10-7-5-6-8-11(10)15(12(9)16)13(17)18-14(2,3)4/h5-9H,1-4H3/t9-/m1/s1. The van der Waals surface area contributed by atoms with E-state index in [0.29, 0.717) is 5.69 Å². The minimum Gasteiger partial charge on any atom is -0.443 e. The van der Waals surface area contributed by atoms with Crippen LogP contribution in [0.3, 0.4) is 0 Å². The highest BCUT2D eigenvalue weighted by Gasteiger charge is 2.39. The number of hydrogen-bond acceptors (Lipinski definition) is 3. The Bertz CT molecular complexity index is 502. The summed E-state index contributed by atoms with van der Waals surface area (Å²) in [6.45, 7) is 7.13. The highest BCUT2D eigenvalue weighted by molar-refractivity contribution is 6.19. The molecule has 1 heterocycles. The second kappa shape index (κ2) is 4.12. The van der Waals surface area contributed by atoms with Gasteiger partial charge in [-0.05, 0) is 39.3 Å². The van der Waals surface area contributed by atoms with Crippen LogP contribution in [0.5, 0.6) is 0 Å². The van der Waals surface area contributed by atoms with Crippen LogP contribution in [0.2, 0.25) is 0 Å². The van der Waals surface area contributed by atoms with E-state index < -0.39 is 11.7 Å². The van der Waals surface area contributed by atoms with E-state index in [2.05, 4.69) is 0 Å². The summed E-state index contributed by atoms with van der Waals surface area (Å²) in [6.07, 6.45) is -0.607. The Morgan fingerprint density at radius 1 is 1.28 bits per heavy atom. The van der Waals surface area contributed by atoms with Crippen LogP contribution in [0.1, 0.15) is 39.2 Å².